The van der Waals surface area contributed by atoms with Gasteiger partial charge in [0.15, 0.2) is 0 Å². The monoisotopic (exact) mass is 432 g/mol. The Hall–Kier alpha value is -3.03. The number of imide groups is 1. The standard InChI is InChI=1S/C25H28N4O3/c26-12-16-4-6-17(7-5-16)18-10-11-28(13-18)14-19-2-1-3-20-15-29(25(32)23(19)20)21-8-9-22(30)27-24(21)31/h1-7,18,21H,8-15,26H2,(H,27,30,31). The largest absolute Gasteiger partial charge is 0.326 e. The fourth-order valence-corrected chi connectivity index (χ4v) is 5.24. The number of piperidine rings is 1. The van der Waals surface area contributed by atoms with Crippen LogP contribution < -0.4 is 11.1 Å². The molecule has 7 heteroatoms. The van der Waals surface area contributed by atoms with E-state index in [9.17, 15) is 14.4 Å². The van der Waals surface area contributed by atoms with Crippen LogP contribution in [0.3, 0.4) is 0 Å². The Labute approximate surface area is 187 Å². The number of hydrogen-bond donors (Lipinski definition) is 2. The van der Waals surface area contributed by atoms with Crippen molar-refractivity contribution in [1.82, 2.24) is 15.1 Å². The van der Waals surface area contributed by atoms with Gasteiger partial charge in [-0.05, 0) is 47.6 Å². The molecule has 166 valence electrons. The Morgan fingerprint density at radius 1 is 1.03 bits per heavy atom. The van der Waals surface area contributed by atoms with E-state index in [2.05, 4.69) is 34.5 Å². The Bertz CT molecular complexity index is 1070. The second kappa shape index (κ2) is 8.48. The zero-order valence-corrected chi connectivity index (χ0v) is 18.0. The number of likely N-dealkylation sites (tertiary alicyclic amines) is 1. The fraction of sp³-hybridized carbons (Fsp3) is 0.400. The summed E-state index contributed by atoms with van der Waals surface area (Å²) >= 11 is 0. The molecule has 32 heavy (non-hydrogen) atoms. The molecule has 2 unspecified atom stereocenters. The van der Waals surface area contributed by atoms with Crippen LogP contribution in [0.4, 0.5) is 0 Å². The topological polar surface area (TPSA) is 95.7 Å². The van der Waals surface area contributed by atoms with Crippen molar-refractivity contribution in [3.05, 3.63) is 70.3 Å². The van der Waals surface area contributed by atoms with E-state index in [0.29, 0.717) is 25.4 Å². The number of amides is 3. The number of carbonyl (C=O) groups is 3. The molecule has 3 aliphatic heterocycles. The minimum Gasteiger partial charge on any atom is -0.326 e. The first-order chi connectivity index (χ1) is 15.5. The van der Waals surface area contributed by atoms with Crippen LogP contribution in [-0.4, -0.2) is 46.7 Å². The van der Waals surface area contributed by atoms with Gasteiger partial charge in [-0.2, -0.15) is 0 Å². The summed E-state index contributed by atoms with van der Waals surface area (Å²) in [5.41, 5.74) is 10.9. The van der Waals surface area contributed by atoms with E-state index in [0.717, 1.165) is 48.3 Å². The Kier molecular flexibility index (Phi) is 5.53. The van der Waals surface area contributed by atoms with Crippen LogP contribution in [-0.2, 0) is 29.2 Å². The van der Waals surface area contributed by atoms with Crippen molar-refractivity contribution in [1.29, 1.82) is 0 Å². The first-order valence-electron chi connectivity index (χ1n) is 11.3. The molecule has 2 atom stereocenters. The van der Waals surface area contributed by atoms with Crippen LogP contribution in [0.15, 0.2) is 42.5 Å². The molecule has 3 N–H and O–H groups in total. The van der Waals surface area contributed by atoms with Crippen molar-refractivity contribution >= 4 is 17.7 Å². The van der Waals surface area contributed by atoms with Gasteiger partial charge < -0.3 is 10.6 Å². The van der Waals surface area contributed by atoms with Gasteiger partial charge >= 0.3 is 0 Å². The molecule has 2 saturated heterocycles. The fourth-order valence-electron chi connectivity index (χ4n) is 5.24. The van der Waals surface area contributed by atoms with Gasteiger partial charge in [0, 0.05) is 38.2 Å². The molecule has 0 radical (unpaired) electrons. The van der Waals surface area contributed by atoms with Crippen molar-refractivity contribution in [3.8, 4) is 0 Å². The first kappa shape index (κ1) is 20.8. The zero-order valence-electron chi connectivity index (χ0n) is 18.0. The van der Waals surface area contributed by atoms with Crippen molar-refractivity contribution in [2.24, 2.45) is 5.73 Å². The highest BCUT2D eigenvalue weighted by Gasteiger charge is 2.40. The van der Waals surface area contributed by atoms with E-state index in [4.69, 9.17) is 5.73 Å². The van der Waals surface area contributed by atoms with Crippen LogP contribution in [0.25, 0.3) is 0 Å². The lowest BCUT2D eigenvalue weighted by Crippen LogP contribution is -2.52. The van der Waals surface area contributed by atoms with E-state index < -0.39 is 6.04 Å². The predicted molar refractivity (Wildman–Crippen MR) is 119 cm³/mol. The SMILES string of the molecule is NCc1ccc(C2CCN(Cc3cccc4c3C(=O)N(C3CCC(=O)NC3=O)C4)C2)cc1. The van der Waals surface area contributed by atoms with Crippen LogP contribution in [0.1, 0.15) is 57.8 Å². The molecule has 3 aliphatic rings. The lowest BCUT2D eigenvalue weighted by molar-refractivity contribution is -0.136. The van der Waals surface area contributed by atoms with Gasteiger partial charge in [-0.15, -0.1) is 0 Å². The Morgan fingerprint density at radius 2 is 1.84 bits per heavy atom. The Morgan fingerprint density at radius 3 is 2.59 bits per heavy atom. The predicted octanol–water partition coefficient (Wildman–Crippen LogP) is 1.90. The number of fused-ring (bicyclic) bond motifs is 1. The summed E-state index contributed by atoms with van der Waals surface area (Å²) in [6, 6.07) is 14.0. The third-order valence-electron chi connectivity index (χ3n) is 6.99. The summed E-state index contributed by atoms with van der Waals surface area (Å²) in [6.45, 7) is 3.63. The van der Waals surface area contributed by atoms with Crippen LogP contribution in [0, 0.1) is 0 Å². The molecule has 0 spiro atoms. The number of nitrogens with zero attached hydrogens (tertiary/aromatic N) is 2. The highest BCUT2D eigenvalue weighted by molar-refractivity contribution is 6.06. The second-order valence-corrected chi connectivity index (χ2v) is 9.02. The number of rotatable bonds is 5. The molecule has 3 heterocycles. The molecule has 3 amide bonds. The van der Waals surface area contributed by atoms with Crippen molar-refractivity contribution in [2.75, 3.05) is 13.1 Å². The zero-order chi connectivity index (χ0) is 22.2. The normalized spacial score (nSPS) is 23.5. The summed E-state index contributed by atoms with van der Waals surface area (Å²) in [6.07, 6.45) is 1.74. The molecule has 0 bridgehead atoms. The molecule has 7 nitrogen and oxygen atoms in total. The molecule has 0 aliphatic carbocycles. The van der Waals surface area contributed by atoms with Gasteiger partial charge in [0.2, 0.25) is 11.8 Å². The first-order valence-corrected chi connectivity index (χ1v) is 11.3. The van der Waals surface area contributed by atoms with Crippen LogP contribution >= 0.6 is 0 Å². The summed E-state index contributed by atoms with van der Waals surface area (Å²) < 4.78 is 0. The number of nitrogens with one attached hydrogen (secondary N) is 1. The molecule has 0 saturated carbocycles. The van der Waals surface area contributed by atoms with Gasteiger partial charge in [-0.3, -0.25) is 24.6 Å². The maximum Gasteiger partial charge on any atom is 0.255 e. The lowest BCUT2D eigenvalue weighted by atomic mass is 9.97. The third-order valence-corrected chi connectivity index (χ3v) is 6.99. The molecule has 5 rings (SSSR count). The average molecular weight is 433 g/mol. The van der Waals surface area contributed by atoms with E-state index in [1.807, 2.05) is 18.2 Å². The molecule has 0 aromatic heterocycles. The number of carbonyl (C=O) groups excluding carboxylic acids is 3. The number of benzene rings is 2. The highest BCUT2D eigenvalue weighted by atomic mass is 16.2. The van der Waals surface area contributed by atoms with Crippen molar-refractivity contribution in [3.63, 3.8) is 0 Å². The van der Waals surface area contributed by atoms with Gasteiger partial charge in [-0.25, -0.2) is 0 Å². The van der Waals surface area contributed by atoms with E-state index in [1.54, 1.807) is 4.90 Å². The highest BCUT2D eigenvalue weighted by Crippen LogP contribution is 2.33. The summed E-state index contributed by atoms with van der Waals surface area (Å²) in [5, 5.41) is 2.37. The minimum atomic E-state index is -0.576. The van der Waals surface area contributed by atoms with Gasteiger partial charge in [0.05, 0.1) is 0 Å². The van der Waals surface area contributed by atoms with E-state index >= 15 is 0 Å². The summed E-state index contributed by atoms with van der Waals surface area (Å²) in [4.78, 5) is 41.1. The van der Waals surface area contributed by atoms with Crippen molar-refractivity contribution in [2.45, 2.75) is 50.9 Å². The van der Waals surface area contributed by atoms with Crippen LogP contribution in [0.2, 0.25) is 0 Å². The molecule has 2 fully saturated rings. The third kappa shape index (κ3) is 3.82. The summed E-state index contributed by atoms with van der Waals surface area (Å²) in [5.74, 6) is -0.253. The quantitative estimate of drug-likeness (QED) is 0.704. The van der Waals surface area contributed by atoms with Crippen LogP contribution in [0.5, 0.6) is 0 Å². The summed E-state index contributed by atoms with van der Waals surface area (Å²) in [7, 11) is 0. The number of nitrogens with two attached hydrogens (primary N) is 1. The molecular formula is C25H28N4O3. The molecule has 2 aromatic rings. The minimum absolute atomic E-state index is 0.0989. The lowest BCUT2D eigenvalue weighted by Gasteiger charge is -2.29. The maximum absolute atomic E-state index is 13.3. The average Bonchev–Trinajstić information content (AvgIpc) is 3.39. The van der Waals surface area contributed by atoms with Gasteiger partial charge in [-0.1, -0.05) is 42.5 Å². The van der Waals surface area contributed by atoms with Gasteiger partial charge in [0.25, 0.3) is 5.91 Å². The Balaban J connectivity index is 1.29. The van der Waals surface area contributed by atoms with Gasteiger partial charge in [0.1, 0.15) is 6.04 Å². The molecule has 2 aromatic carbocycles. The van der Waals surface area contributed by atoms with E-state index in [1.165, 1.54) is 5.56 Å². The van der Waals surface area contributed by atoms with Crippen molar-refractivity contribution < 1.29 is 14.4 Å². The number of hydrogen-bond acceptors (Lipinski definition) is 5. The van der Waals surface area contributed by atoms with E-state index in [-0.39, 0.29) is 24.1 Å². The molecular weight excluding hydrogens is 404 g/mol. The maximum atomic E-state index is 13.3. The smallest absolute Gasteiger partial charge is 0.255 e. The second-order valence-electron chi connectivity index (χ2n) is 9.02.